The molecule has 0 radical (unpaired) electrons. The number of ether oxygens (including phenoxy) is 1. The Bertz CT molecular complexity index is 1280. The van der Waals surface area contributed by atoms with Crippen molar-refractivity contribution in [2.24, 2.45) is 0 Å². The van der Waals surface area contributed by atoms with Crippen LogP contribution >= 0.6 is 10.8 Å². The maximum atomic E-state index is 13.7. The highest BCUT2D eigenvalue weighted by atomic mass is 32.3. The standard InChI is InChI=1S/C32H44N4O5S/c1-3-34-27-20-26(21-28(22-27)36-17-7-8-18-42(36,39)40)32(38)35-30(19-25-9-5-4-6-10-25)31(37)23-33-16-15-24-11-13-29(41-2)14-12-24/h4-6,9-14,20-22,30-31,33-34,37,39-40H,3,7-8,15-19,23H2,1-2H3,(H,35,38)/t30-,31-/m0/s1. The van der Waals surface area contributed by atoms with Crippen molar-refractivity contribution >= 4 is 28.1 Å². The SMILES string of the molecule is CCNc1cc(C(=O)N[C@@H](Cc2ccccc2)[C@@H](O)CNCCc2ccc(OC)cc2)cc(N2CCCCS2(O)O)c1. The number of nitrogens with one attached hydrogen (secondary N) is 3. The van der Waals surface area contributed by atoms with Crippen LogP contribution in [0.5, 0.6) is 5.75 Å². The first-order valence-corrected chi connectivity index (χ1v) is 16.3. The Morgan fingerprint density at radius 3 is 2.48 bits per heavy atom. The molecule has 2 atom stereocenters. The summed E-state index contributed by atoms with van der Waals surface area (Å²) >= 11 is 0. The van der Waals surface area contributed by atoms with Gasteiger partial charge in [0.15, 0.2) is 0 Å². The van der Waals surface area contributed by atoms with Gasteiger partial charge in [-0.05, 0) is 80.6 Å². The highest BCUT2D eigenvalue weighted by molar-refractivity contribution is 8.25. The summed E-state index contributed by atoms with van der Waals surface area (Å²) in [6, 6.07) is 22.5. The van der Waals surface area contributed by atoms with Crippen LogP contribution in [-0.2, 0) is 12.8 Å². The lowest BCUT2D eigenvalue weighted by atomic mass is 10.00. The van der Waals surface area contributed by atoms with Crippen LogP contribution in [0.1, 0.15) is 41.3 Å². The van der Waals surface area contributed by atoms with E-state index in [1.807, 2.05) is 67.6 Å². The van der Waals surface area contributed by atoms with Crippen LogP contribution in [0.4, 0.5) is 11.4 Å². The molecule has 10 heteroatoms. The Morgan fingerprint density at radius 2 is 1.79 bits per heavy atom. The molecular weight excluding hydrogens is 552 g/mol. The van der Waals surface area contributed by atoms with Crippen molar-refractivity contribution in [1.82, 2.24) is 10.6 Å². The van der Waals surface area contributed by atoms with E-state index in [0.717, 1.165) is 41.8 Å². The van der Waals surface area contributed by atoms with Gasteiger partial charge in [0, 0.05) is 30.9 Å². The number of benzene rings is 3. The Labute approximate surface area is 250 Å². The number of anilines is 2. The summed E-state index contributed by atoms with van der Waals surface area (Å²) in [7, 11) is -1.30. The minimum atomic E-state index is -2.95. The van der Waals surface area contributed by atoms with Gasteiger partial charge in [0.2, 0.25) is 0 Å². The van der Waals surface area contributed by atoms with Crippen LogP contribution < -0.4 is 25.0 Å². The summed E-state index contributed by atoms with van der Waals surface area (Å²) in [5, 5.41) is 20.9. The van der Waals surface area contributed by atoms with Crippen molar-refractivity contribution in [3.8, 4) is 5.75 Å². The summed E-state index contributed by atoms with van der Waals surface area (Å²) in [4.78, 5) is 13.7. The summed E-state index contributed by atoms with van der Waals surface area (Å²) in [6.45, 7) is 4.11. The number of carbonyl (C=O) groups excluding carboxylic acids is 1. The molecule has 0 bridgehead atoms. The smallest absolute Gasteiger partial charge is 0.251 e. The van der Waals surface area contributed by atoms with E-state index in [1.165, 1.54) is 0 Å². The molecule has 1 saturated heterocycles. The van der Waals surface area contributed by atoms with Gasteiger partial charge < -0.3 is 25.8 Å². The molecular formula is C32H44N4O5S. The summed E-state index contributed by atoms with van der Waals surface area (Å²) in [6.07, 6.45) is 2.02. The molecule has 0 aliphatic carbocycles. The zero-order valence-electron chi connectivity index (χ0n) is 24.5. The molecule has 1 amide bonds. The molecule has 0 aromatic heterocycles. The molecule has 1 heterocycles. The molecule has 3 aromatic carbocycles. The normalized spacial score (nSPS) is 16.7. The molecule has 1 aliphatic rings. The first-order chi connectivity index (χ1) is 20.3. The highest BCUT2D eigenvalue weighted by Crippen LogP contribution is 2.50. The van der Waals surface area contributed by atoms with Gasteiger partial charge in [0.25, 0.3) is 5.91 Å². The largest absolute Gasteiger partial charge is 0.497 e. The predicted octanol–water partition coefficient (Wildman–Crippen LogP) is 4.93. The van der Waals surface area contributed by atoms with Crippen molar-refractivity contribution in [1.29, 1.82) is 0 Å². The monoisotopic (exact) mass is 596 g/mol. The van der Waals surface area contributed by atoms with E-state index >= 15 is 0 Å². The molecule has 1 aliphatic heterocycles. The van der Waals surface area contributed by atoms with Gasteiger partial charge >= 0.3 is 0 Å². The summed E-state index contributed by atoms with van der Waals surface area (Å²) < 4.78 is 28.3. The average molecular weight is 597 g/mol. The van der Waals surface area contributed by atoms with E-state index in [9.17, 15) is 19.0 Å². The lowest BCUT2D eigenvalue weighted by Crippen LogP contribution is -2.49. The van der Waals surface area contributed by atoms with Crippen molar-refractivity contribution in [2.45, 2.75) is 44.8 Å². The Kier molecular flexibility index (Phi) is 11.5. The van der Waals surface area contributed by atoms with Gasteiger partial charge in [0.05, 0.1) is 30.7 Å². The fourth-order valence-corrected chi connectivity index (χ4v) is 6.79. The van der Waals surface area contributed by atoms with Crippen LogP contribution in [0.2, 0.25) is 0 Å². The molecule has 3 aromatic rings. The molecule has 42 heavy (non-hydrogen) atoms. The molecule has 9 nitrogen and oxygen atoms in total. The van der Waals surface area contributed by atoms with Crippen LogP contribution in [-0.4, -0.2) is 71.3 Å². The number of rotatable bonds is 14. The number of methoxy groups -OCH3 is 1. The van der Waals surface area contributed by atoms with Crippen molar-refractivity contribution in [3.05, 3.63) is 89.5 Å². The van der Waals surface area contributed by atoms with E-state index in [1.54, 1.807) is 23.5 Å². The zero-order chi connectivity index (χ0) is 30.0. The Hall–Kier alpha value is -3.28. The second kappa shape index (κ2) is 15.3. The van der Waals surface area contributed by atoms with Gasteiger partial charge in [-0.25, -0.2) is 0 Å². The molecule has 0 unspecified atom stereocenters. The number of aliphatic hydroxyl groups is 1. The topological polar surface area (TPSA) is 126 Å². The minimum absolute atomic E-state index is 0.311. The number of nitrogens with zero attached hydrogens (tertiary/aromatic N) is 1. The first kappa shape index (κ1) is 31.7. The quantitative estimate of drug-likeness (QED) is 0.145. The average Bonchev–Trinajstić information content (AvgIpc) is 2.99. The summed E-state index contributed by atoms with van der Waals surface area (Å²) in [5.74, 6) is 0.799. The molecule has 6 N–H and O–H groups in total. The Balaban J connectivity index is 1.47. The molecule has 1 fully saturated rings. The molecule has 0 spiro atoms. The highest BCUT2D eigenvalue weighted by Gasteiger charge is 2.28. The van der Waals surface area contributed by atoms with Crippen molar-refractivity contribution in [3.63, 3.8) is 0 Å². The minimum Gasteiger partial charge on any atom is -0.497 e. The van der Waals surface area contributed by atoms with Gasteiger partial charge in [-0.1, -0.05) is 42.5 Å². The van der Waals surface area contributed by atoms with Crippen LogP contribution in [0.15, 0.2) is 72.8 Å². The molecule has 4 rings (SSSR count). The number of hydrogen-bond donors (Lipinski definition) is 6. The third kappa shape index (κ3) is 8.86. The summed E-state index contributed by atoms with van der Waals surface area (Å²) in [5.41, 5.74) is 3.87. The van der Waals surface area contributed by atoms with E-state index in [-0.39, 0.29) is 5.91 Å². The number of amides is 1. The predicted molar refractivity (Wildman–Crippen MR) is 172 cm³/mol. The van der Waals surface area contributed by atoms with E-state index in [2.05, 4.69) is 16.0 Å². The van der Waals surface area contributed by atoms with E-state index in [0.29, 0.717) is 49.6 Å². The third-order valence-corrected chi connectivity index (χ3v) is 9.35. The zero-order valence-corrected chi connectivity index (χ0v) is 25.3. The second-order valence-corrected chi connectivity index (χ2v) is 12.7. The second-order valence-electron chi connectivity index (χ2n) is 10.6. The maximum Gasteiger partial charge on any atom is 0.251 e. The van der Waals surface area contributed by atoms with Crippen LogP contribution in [0.3, 0.4) is 0 Å². The first-order valence-electron chi connectivity index (χ1n) is 14.6. The molecule has 228 valence electrons. The maximum absolute atomic E-state index is 13.7. The Morgan fingerprint density at radius 1 is 1.02 bits per heavy atom. The van der Waals surface area contributed by atoms with Crippen LogP contribution in [0.25, 0.3) is 0 Å². The van der Waals surface area contributed by atoms with Gasteiger partial charge in [-0.3, -0.25) is 18.2 Å². The van der Waals surface area contributed by atoms with Crippen LogP contribution in [0, 0.1) is 0 Å². The third-order valence-electron chi connectivity index (χ3n) is 7.41. The van der Waals surface area contributed by atoms with Gasteiger partial charge in [-0.15, -0.1) is 10.8 Å². The fraction of sp³-hybridized carbons (Fsp3) is 0.406. The van der Waals surface area contributed by atoms with E-state index in [4.69, 9.17) is 4.74 Å². The van der Waals surface area contributed by atoms with Gasteiger partial charge in [0.1, 0.15) is 5.75 Å². The lowest BCUT2D eigenvalue weighted by Gasteiger charge is -2.47. The van der Waals surface area contributed by atoms with Gasteiger partial charge in [-0.2, -0.15) is 0 Å². The number of carbonyl (C=O) groups is 1. The van der Waals surface area contributed by atoms with E-state index < -0.39 is 22.9 Å². The molecule has 0 saturated carbocycles. The number of aliphatic hydroxyl groups excluding tert-OH is 1. The lowest BCUT2D eigenvalue weighted by molar-refractivity contribution is 0.0831. The number of hydrogen-bond acceptors (Lipinski definition) is 8. The van der Waals surface area contributed by atoms with Crippen molar-refractivity contribution in [2.75, 3.05) is 48.7 Å². The fourth-order valence-electron chi connectivity index (χ4n) is 5.12. The van der Waals surface area contributed by atoms with Crippen molar-refractivity contribution < 1.29 is 23.7 Å².